The normalized spacial score (nSPS) is 17.0. The third-order valence-electron chi connectivity index (χ3n) is 3.26. The number of rotatable bonds is 4. The van der Waals surface area contributed by atoms with Gasteiger partial charge in [0.15, 0.2) is 5.03 Å². The smallest absolute Gasteiger partial charge is 0.421 e. The lowest BCUT2D eigenvalue weighted by Gasteiger charge is -2.37. The third kappa shape index (κ3) is 3.01. The van der Waals surface area contributed by atoms with Gasteiger partial charge < -0.3 is 9.72 Å². The quantitative estimate of drug-likeness (QED) is 0.899. The summed E-state index contributed by atoms with van der Waals surface area (Å²) in [5.41, 5.74) is -0.991. The number of ether oxygens (including phenoxy) is 1. The number of imidazole rings is 1. The lowest BCUT2D eigenvalue weighted by molar-refractivity contribution is -0.140. The molecular formula is C12H11F3N4O3S. The van der Waals surface area contributed by atoms with Crippen LogP contribution in [0.4, 0.5) is 13.2 Å². The molecule has 0 unspecified atom stereocenters. The summed E-state index contributed by atoms with van der Waals surface area (Å²) >= 11 is 0. The summed E-state index contributed by atoms with van der Waals surface area (Å²) < 4.78 is 69.0. The van der Waals surface area contributed by atoms with Crippen LogP contribution < -0.4 is 4.74 Å². The van der Waals surface area contributed by atoms with Crippen LogP contribution >= 0.6 is 0 Å². The van der Waals surface area contributed by atoms with Crippen LogP contribution in [-0.2, 0) is 16.2 Å². The van der Waals surface area contributed by atoms with Crippen molar-refractivity contribution in [3.05, 3.63) is 36.4 Å². The average molecular weight is 348 g/mol. The van der Waals surface area contributed by atoms with E-state index in [-0.39, 0.29) is 18.1 Å². The van der Waals surface area contributed by atoms with Crippen molar-refractivity contribution < 1.29 is 26.3 Å². The van der Waals surface area contributed by atoms with E-state index in [2.05, 4.69) is 15.0 Å². The van der Waals surface area contributed by atoms with Crippen molar-refractivity contribution in [1.82, 2.24) is 19.3 Å². The zero-order chi connectivity index (χ0) is 16.7. The van der Waals surface area contributed by atoms with E-state index < -0.39 is 33.7 Å². The van der Waals surface area contributed by atoms with Gasteiger partial charge in [-0.15, -0.1) is 0 Å². The molecule has 0 aromatic carbocycles. The number of pyridine rings is 1. The molecule has 0 bridgehead atoms. The second-order valence-corrected chi connectivity index (χ2v) is 6.74. The molecule has 2 aromatic heterocycles. The van der Waals surface area contributed by atoms with Crippen molar-refractivity contribution in [3.63, 3.8) is 0 Å². The third-order valence-corrected chi connectivity index (χ3v) is 5.02. The molecule has 1 fully saturated rings. The second-order valence-electron chi connectivity index (χ2n) is 4.83. The monoisotopic (exact) mass is 348 g/mol. The van der Waals surface area contributed by atoms with Gasteiger partial charge >= 0.3 is 6.18 Å². The van der Waals surface area contributed by atoms with Crippen LogP contribution in [0.3, 0.4) is 0 Å². The summed E-state index contributed by atoms with van der Waals surface area (Å²) in [5, 5.41) is -0.0789. The molecule has 1 N–H and O–H groups in total. The molecule has 124 valence electrons. The standard InChI is InChI=1S/C12H11F3N4O3S/c13-12(14,15)9-2-1-3-17-11(9)22-8-5-19(6-8)23(20,21)10-4-16-7-18-10/h1-4,7-8H,5-6H2,(H,16,18). The fourth-order valence-electron chi connectivity index (χ4n) is 2.05. The summed E-state index contributed by atoms with van der Waals surface area (Å²) in [6, 6.07) is 2.02. The highest BCUT2D eigenvalue weighted by Gasteiger charge is 2.41. The Morgan fingerprint density at radius 1 is 1.35 bits per heavy atom. The fourth-order valence-corrected chi connectivity index (χ4v) is 3.45. The lowest BCUT2D eigenvalue weighted by atomic mass is 10.2. The zero-order valence-corrected chi connectivity index (χ0v) is 12.3. The first-order valence-electron chi connectivity index (χ1n) is 6.46. The summed E-state index contributed by atoms with van der Waals surface area (Å²) in [7, 11) is -3.73. The van der Waals surface area contributed by atoms with Crippen LogP contribution in [0.15, 0.2) is 35.9 Å². The molecule has 0 atom stereocenters. The topological polar surface area (TPSA) is 88.2 Å². The van der Waals surface area contributed by atoms with Crippen molar-refractivity contribution in [2.75, 3.05) is 13.1 Å². The number of sulfonamides is 1. The van der Waals surface area contributed by atoms with Gasteiger partial charge in [-0.25, -0.2) is 18.4 Å². The van der Waals surface area contributed by atoms with E-state index in [0.29, 0.717) is 0 Å². The molecule has 0 aliphatic carbocycles. The molecule has 2 aromatic rings. The van der Waals surface area contributed by atoms with Gasteiger partial charge in [0.05, 0.1) is 25.6 Å². The Hall–Kier alpha value is -2.14. The van der Waals surface area contributed by atoms with E-state index in [4.69, 9.17) is 4.74 Å². The molecule has 3 heterocycles. The van der Waals surface area contributed by atoms with E-state index in [1.165, 1.54) is 12.5 Å². The Kier molecular flexibility index (Phi) is 3.76. The summed E-state index contributed by atoms with van der Waals surface area (Å²) in [6.07, 6.45) is -1.71. The number of hydrogen-bond donors (Lipinski definition) is 1. The van der Waals surface area contributed by atoms with Crippen molar-refractivity contribution in [2.45, 2.75) is 17.3 Å². The maximum absolute atomic E-state index is 12.8. The molecule has 3 rings (SSSR count). The number of nitrogens with one attached hydrogen (secondary N) is 1. The summed E-state index contributed by atoms with van der Waals surface area (Å²) in [5.74, 6) is -0.552. The first-order valence-corrected chi connectivity index (χ1v) is 7.90. The van der Waals surface area contributed by atoms with E-state index >= 15 is 0 Å². The van der Waals surface area contributed by atoms with E-state index in [1.807, 2.05) is 0 Å². The summed E-state index contributed by atoms with van der Waals surface area (Å²) in [4.78, 5) is 9.68. The maximum Gasteiger partial charge on any atom is 0.421 e. The number of aromatic amines is 1. The molecule has 11 heteroatoms. The lowest BCUT2D eigenvalue weighted by Crippen LogP contribution is -2.56. The van der Waals surface area contributed by atoms with Crippen LogP contribution in [-0.4, -0.2) is 46.9 Å². The Morgan fingerprint density at radius 2 is 2.09 bits per heavy atom. The van der Waals surface area contributed by atoms with E-state index in [1.54, 1.807) is 0 Å². The van der Waals surface area contributed by atoms with Gasteiger partial charge in [-0.1, -0.05) is 0 Å². The Labute approximate surface area is 129 Å². The van der Waals surface area contributed by atoms with E-state index in [0.717, 1.165) is 22.6 Å². The Morgan fingerprint density at radius 3 is 2.70 bits per heavy atom. The first kappa shape index (κ1) is 15.7. The molecular weight excluding hydrogens is 337 g/mol. The zero-order valence-electron chi connectivity index (χ0n) is 11.5. The van der Waals surface area contributed by atoms with Crippen LogP contribution in [0.1, 0.15) is 5.56 Å². The largest absolute Gasteiger partial charge is 0.471 e. The SMILES string of the molecule is O=S(=O)(c1cnc[nH]1)N1CC(Oc2ncccc2C(F)(F)F)C1. The van der Waals surface area contributed by atoms with Crippen LogP contribution in [0, 0.1) is 0 Å². The van der Waals surface area contributed by atoms with Gasteiger partial charge in [-0.2, -0.15) is 17.5 Å². The number of nitrogens with zero attached hydrogens (tertiary/aromatic N) is 3. The number of hydrogen-bond acceptors (Lipinski definition) is 5. The maximum atomic E-state index is 12.8. The molecule has 0 saturated carbocycles. The van der Waals surface area contributed by atoms with Crippen molar-refractivity contribution in [3.8, 4) is 5.88 Å². The molecule has 1 aliphatic rings. The predicted molar refractivity (Wildman–Crippen MR) is 71.0 cm³/mol. The highest BCUT2D eigenvalue weighted by atomic mass is 32.2. The first-order chi connectivity index (χ1) is 10.8. The molecule has 7 nitrogen and oxygen atoms in total. The van der Waals surface area contributed by atoms with Crippen molar-refractivity contribution in [2.24, 2.45) is 0 Å². The van der Waals surface area contributed by atoms with Crippen LogP contribution in [0.25, 0.3) is 0 Å². The number of aromatic nitrogens is 3. The number of halogens is 3. The predicted octanol–water partition coefficient (Wildman–Crippen LogP) is 1.28. The van der Waals surface area contributed by atoms with Gasteiger partial charge in [-0.3, -0.25) is 0 Å². The Balaban J connectivity index is 1.68. The minimum atomic E-state index is -4.59. The van der Waals surface area contributed by atoms with Crippen molar-refractivity contribution in [1.29, 1.82) is 0 Å². The van der Waals surface area contributed by atoms with E-state index in [9.17, 15) is 21.6 Å². The van der Waals surface area contributed by atoms with Gasteiger partial charge in [0.25, 0.3) is 10.0 Å². The second kappa shape index (κ2) is 5.49. The van der Waals surface area contributed by atoms with Gasteiger partial charge in [0.1, 0.15) is 11.7 Å². The van der Waals surface area contributed by atoms with Crippen molar-refractivity contribution >= 4 is 10.0 Å². The average Bonchev–Trinajstić information content (AvgIpc) is 2.96. The van der Waals surface area contributed by atoms with Gasteiger partial charge in [0.2, 0.25) is 5.88 Å². The highest BCUT2D eigenvalue weighted by molar-refractivity contribution is 7.89. The van der Waals surface area contributed by atoms with Gasteiger partial charge in [-0.05, 0) is 12.1 Å². The summed E-state index contributed by atoms with van der Waals surface area (Å²) in [6.45, 7) is -0.121. The molecule has 0 amide bonds. The minimum absolute atomic E-state index is 0.0603. The molecule has 23 heavy (non-hydrogen) atoms. The molecule has 0 spiro atoms. The minimum Gasteiger partial charge on any atom is -0.471 e. The number of H-pyrrole nitrogens is 1. The van der Waals surface area contributed by atoms with Crippen LogP contribution in [0.5, 0.6) is 5.88 Å². The fraction of sp³-hybridized carbons (Fsp3) is 0.333. The molecule has 0 radical (unpaired) electrons. The molecule has 1 aliphatic heterocycles. The van der Waals surface area contributed by atoms with Gasteiger partial charge in [0, 0.05) is 6.20 Å². The van der Waals surface area contributed by atoms with Crippen LogP contribution in [0.2, 0.25) is 0 Å². The molecule has 1 saturated heterocycles. The number of alkyl halides is 3. The Bertz CT molecular complexity index is 786. The highest BCUT2D eigenvalue weighted by Crippen LogP contribution is 2.35.